The predicted octanol–water partition coefficient (Wildman–Crippen LogP) is 2.33. The highest BCUT2D eigenvalue weighted by atomic mass is 16.6. The number of amides is 1. The second-order valence-corrected chi connectivity index (χ2v) is 6.18. The molecule has 1 saturated heterocycles. The number of pyridine rings is 1. The quantitative estimate of drug-likeness (QED) is 0.851. The molecule has 21 heavy (non-hydrogen) atoms. The average Bonchev–Trinajstić information content (AvgIpc) is 2.77. The fourth-order valence-corrected chi connectivity index (χ4v) is 2.15. The maximum Gasteiger partial charge on any atom is 0.410 e. The molecule has 0 unspecified atom stereocenters. The van der Waals surface area contributed by atoms with Crippen molar-refractivity contribution in [3.8, 4) is 5.75 Å². The lowest BCUT2D eigenvalue weighted by atomic mass is 10.1. The summed E-state index contributed by atoms with van der Waals surface area (Å²) in [4.78, 5) is 17.6. The number of carbonyl (C=O) groups is 1. The molecule has 0 aromatic carbocycles. The number of imidazole rings is 1. The van der Waals surface area contributed by atoms with E-state index in [1.54, 1.807) is 11.1 Å². The number of hydrogen-bond acceptors (Lipinski definition) is 4. The molecule has 3 heterocycles. The number of hydrogen-bond donors (Lipinski definition) is 0. The SMILES string of the molecule is CC(C)(C)OC(=O)N1CC(Oc2ccc3nccn3c2)C1. The topological polar surface area (TPSA) is 56.1 Å². The van der Waals surface area contributed by atoms with Gasteiger partial charge in [-0.25, -0.2) is 9.78 Å². The van der Waals surface area contributed by atoms with Crippen molar-refractivity contribution in [2.45, 2.75) is 32.5 Å². The highest BCUT2D eigenvalue weighted by Gasteiger charge is 2.35. The molecule has 1 aliphatic heterocycles. The van der Waals surface area contributed by atoms with Gasteiger partial charge in [0.25, 0.3) is 0 Å². The van der Waals surface area contributed by atoms with Crippen molar-refractivity contribution in [2.75, 3.05) is 13.1 Å². The summed E-state index contributed by atoms with van der Waals surface area (Å²) in [5.74, 6) is 0.773. The molecule has 1 aliphatic rings. The summed E-state index contributed by atoms with van der Waals surface area (Å²) in [6.45, 7) is 6.69. The summed E-state index contributed by atoms with van der Waals surface area (Å²) < 4.78 is 13.0. The maximum atomic E-state index is 11.8. The van der Waals surface area contributed by atoms with Crippen molar-refractivity contribution in [1.82, 2.24) is 14.3 Å². The first-order valence-corrected chi connectivity index (χ1v) is 6.98. The highest BCUT2D eigenvalue weighted by Crippen LogP contribution is 2.20. The Morgan fingerprint density at radius 2 is 2.10 bits per heavy atom. The third kappa shape index (κ3) is 3.09. The molecule has 1 fully saturated rings. The fraction of sp³-hybridized carbons (Fsp3) is 0.467. The average molecular weight is 289 g/mol. The smallest absolute Gasteiger partial charge is 0.410 e. The maximum absolute atomic E-state index is 11.8. The van der Waals surface area contributed by atoms with Crippen LogP contribution in [0.2, 0.25) is 0 Å². The number of nitrogens with zero attached hydrogens (tertiary/aromatic N) is 3. The van der Waals surface area contributed by atoms with Crippen LogP contribution in [0.15, 0.2) is 30.7 Å². The van der Waals surface area contributed by atoms with Gasteiger partial charge in [0.15, 0.2) is 0 Å². The van der Waals surface area contributed by atoms with Gasteiger partial charge in [-0.1, -0.05) is 0 Å². The summed E-state index contributed by atoms with van der Waals surface area (Å²) in [7, 11) is 0. The van der Waals surface area contributed by atoms with Gasteiger partial charge < -0.3 is 18.8 Å². The molecular formula is C15H19N3O3. The van der Waals surface area contributed by atoms with Crippen molar-refractivity contribution in [2.24, 2.45) is 0 Å². The van der Waals surface area contributed by atoms with Gasteiger partial charge in [0.2, 0.25) is 0 Å². The van der Waals surface area contributed by atoms with Gasteiger partial charge in [-0.2, -0.15) is 0 Å². The zero-order chi connectivity index (χ0) is 15.0. The largest absolute Gasteiger partial charge is 0.485 e. The number of aromatic nitrogens is 2. The molecule has 0 spiro atoms. The number of rotatable bonds is 2. The predicted molar refractivity (Wildman–Crippen MR) is 77.4 cm³/mol. The van der Waals surface area contributed by atoms with E-state index in [0.29, 0.717) is 13.1 Å². The number of carbonyl (C=O) groups excluding carboxylic acids is 1. The van der Waals surface area contributed by atoms with Gasteiger partial charge in [-0.15, -0.1) is 0 Å². The Morgan fingerprint density at radius 3 is 2.81 bits per heavy atom. The molecule has 0 atom stereocenters. The zero-order valence-corrected chi connectivity index (χ0v) is 12.4. The summed E-state index contributed by atoms with van der Waals surface area (Å²) >= 11 is 0. The molecule has 6 nitrogen and oxygen atoms in total. The molecule has 0 radical (unpaired) electrons. The number of likely N-dealkylation sites (tertiary alicyclic amines) is 1. The Balaban J connectivity index is 1.53. The van der Waals surface area contributed by atoms with Gasteiger partial charge in [0.1, 0.15) is 23.1 Å². The van der Waals surface area contributed by atoms with Crippen molar-refractivity contribution in [1.29, 1.82) is 0 Å². The van der Waals surface area contributed by atoms with Crippen molar-refractivity contribution < 1.29 is 14.3 Å². The molecular weight excluding hydrogens is 270 g/mol. The second kappa shape index (κ2) is 4.95. The van der Waals surface area contributed by atoms with E-state index >= 15 is 0 Å². The molecule has 112 valence electrons. The summed E-state index contributed by atoms with van der Waals surface area (Å²) in [5.41, 5.74) is 0.418. The lowest BCUT2D eigenvalue weighted by molar-refractivity contribution is -0.0222. The molecule has 0 saturated carbocycles. The minimum Gasteiger partial charge on any atom is -0.485 e. The lowest BCUT2D eigenvalue weighted by Crippen LogP contribution is -2.57. The molecule has 2 aromatic rings. The highest BCUT2D eigenvalue weighted by molar-refractivity contribution is 5.69. The number of fused-ring (bicyclic) bond motifs is 1. The third-order valence-electron chi connectivity index (χ3n) is 3.16. The van der Waals surface area contributed by atoms with Crippen molar-refractivity contribution in [3.63, 3.8) is 0 Å². The van der Waals surface area contributed by atoms with E-state index < -0.39 is 5.60 Å². The third-order valence-corrected chi connectivity index (χ3v) is 3.16. The Bertz CT molecular complexity index is 653. The van der Waals surface area contributed by atoms with Crippen LogP contribution < -0.4 is 4.74 Å². The molecule has 2 aromatic heterocycles. The van der Waals surface area contributed by atoms with E-state index in [9.17, 15) is 4.79 Å². The van der Waals surface area contributed by atoms with Crippen molar-refractivity contribution >= 4 is 11.7 Å². The van der Waals surface area contributed by atoms with Crippen LogP contribution in [0.4, 0.5) is 4.79 Å². The van der Waals surface area contributed by atoms with Crippen LogP contribution in [0.3, 0.4) is 0 Å². The molecule has 3 rings (SSSR count). The fourth-order valence-electron chi connectivity index (χ4n) is 2.15. The lowest BCUT2D eigenvalue weighted by Gasteiger charge is -2.39. The van der Waals surface area contributed by atoms with Crippen LogP contribution in [0.25, 0.3) is 5.65 Å². The van der Waals surface area contributed by atoms with Crippen LogP contribution in [0, 0.1) is 0 Å². The Hall–Kier alpha value is -2.24. The Kier molecular flexibility index (Phi) is 3.23. The molecule has 0 bridgehead atoms. The van der Waals surface area contributed by atoms with Gasteiger partial charge in [-0.3, -0.25) is 0 Å². The molecule has 0 aliphatic carbocycles. The Morgan fingerprint density at radius 1 is 1.33 bits per heavy atom. The summed E-state index contributed by atoms with van der Waals surface area (Å²) in [6.07, 6.45) is 5.23. The first-order chi connectivity index (χ1) is 9.90. The minimum atomic E-state index is -0.463. The van der Waals surface area contributed by atoms with E-state index in [1.807, 2.05) is 49.7 Å². The van der Waals surface area contributed by atoms with Crippen molar-refractivity contribution in [3.05, 3.63) is 30.7 Å². The van der Waals surface area contributed by atoms with E-state index in [1.165, 1.54) is 0 Å². The van der Waals surface area contributed by atoms with Crippen LogP contribution >= 0.6 is 0 Å². The van der Waals surface area contributed by atoms with Crippen LogP contribution in [0.5, 0.6) is 5.75 Å². The first kappa shape index (κ1) is 13.7. The van der Waals surface area contributed by atoms with E-state index in [4.69, 9.17) is 9.47 Å². The number of ether oxygens (including phenoxy) is 2. The standard InChI is InChI=1S/C15H19N3O3/c1-15(2,3)21-14(19)18-9-12(10-18)20-11-4-5-13-16-6-7-17(13)8-11/h4-8,12H,9-10H2,1-3H3. The normalized spacial score (nSPS) is 15.9. The van der Waals surface area contributed by atoms with Gasteiger partial charge >= 0.3 is 6.09 Å². The molecule has 6 heteroatoms. The Labute approximate surface area is 123 Å². The molecule has 1 amide bonds. The summed E-state index contributed by atoms with van der Waals surface area (Å²) in [5, 5.41) is 0. The monoisotopic (exact) mass is 289 g/mol. The van der Waals surface area contributed by atoms with E-state index in [-0.39, 0.29) is 12.2 Å². The minimum absolute atomic E-state index is 0.0125. The molecule has 0 N–H and O–H groups in total. The van der Waals surface area contributed by atoms with Crippen LogP contribution in [-0.4, -0.2) is 45.2 Å². The van der Waals surface area contributed by atoms with E-state index in [0.717, 1.165) is 11.4 Å². The van der Waals surface area contributed by atoms with Crippen LogP contribution in [-0.2, 0) is 4.74 Å². The van der Waals surface area contributed by atoms with Gasteiger partial charge in [0.05, 0.1) is 19.3 Å². The van der Waals surface area contributed by atoms with Gasteiger partial charge in [0, 0.05) is 12.4 Å². The summed E-state index contributed by atoms with van der Waals surface area (Å²) in [6, 6.07) is 3.79. The zero-order valence-electron chi connectivity index (χ0n) is 12.4. The van der Waals surface area contributed by atoms with E-state index in [2.05, 4.69) is 4.98 Å². The first-order valence-electron chi connectivity index (χ1n) is 6.98. The van der Waals surface area contributed by atoms with Gasteiger partial charge in [-0.05, 0) is 32.9 Å². The second-order valence-electron chi connectivity index (χ2n) is 6.18. The van der Waals surface area contributed by atoms with Crippen LogP contribution in [0.1, 0.15) is 20.8 Å².